The van der Waals surface area contributed by atoms with Gasteiger partial charge in [-0.25, -0.2) is 0 Å². The number of hydrogen-bond acceptors (Lipinski definition) is 1. The van der Waals surface area contributed by atoms with Crippen LogP contribution in [-0.4, -0.2) is 12.1 Å². The van der Waals surface area contributed by atoms with Gasteiger partial charge < -0.3 is 5.32 Å². The lowest BCUT2D eigenvalue weighted by Gasteiger charge is -2.47. The van der Waals surface area contributed by atoms with E-state index in [1.807, 2.05) is 0 Å². The summed E-state index contributed by atoms with van der Waals surface area (Å²) >= 11 is 0. The average molecular weight is 282 g/mol. The first-order valence-electron chi connectivity index (χ1n) is 8.56. The molecule has 0 radical (unpaired) electrons. The molecule has 1 aliphatic rings. The molecule has 1 rings (SSSR count). The fraction of sp³-hybridized carbons (Fsp3) is 1.00. The molecular formula is C19H39N. The molecule has 0 saturated heterocycles. The Labute approximate surface area is 128 Å². The predicted octanol–water partition coefficient (Wildman–Crippen LogP) is 5.50. The van der Waals surface area contributed by atoms with Crippen LogP contribution in [0.25, 0.3) is 0 Å². The van der Waals surface area contributed by atoms with E-state index in [9.17, 15) is 0 Å². The van der Waals surface area contributed by atoms with Gasteiger partial charge in [-0.15, -0.1) is 0 Å². The van der Waals surface area contributed by atoms with Crippen molar-refractivity contribution in [2.24, 2.45) is 28.6 Å². The minimum absolute atomic E-state index is 0.239. The molecule has 1 fully saturated rings. The van der Waals surface area contributed by atoms with Crippen LogP contribution in [0.1, 0.15) is 81.6 Å². The average Bonchev–Trinajstić information content (AvgIpc) is 2.22. The standard InChI is InChI=1S/C19H39N/c1-17(2,3)15-11-10-14(13-20-19(7,8)9)16(12-15)18(4,5)6/h14-16,20H,10-13H2,1-9H3. The molecule has 120 valence electrons. The fourth-order valence-corrected chi connectivity index (χ4v) is 3.76. The van der Waals surface area contributed by atoms with Gasteiger partial charge in [-0.1, -0.05) is 41.5 Å². The van der Waals surface area contributed by atoms with Crippen molar-refractivity contribution in [3.8, 4) is 0 Å². The van der Waals surface area contributed by atoms with Gasteiger partial charge in [0.25, 0.3) is 0 Å². The zero-order chi connectivity index (χ0) is 15.8. The first-order valence-corrected chi connectivity index (χ1v) is 8.56. The van der Waals surface area contributed by atoms with Crippen molar-refractivity contribution in [2.45, 2.75) is 87.1 Å². The maximum absolute atomic E-state index is 3.75. The van der Waals surface area contributed by atoms with Gasteiger partial charge in [-0.2, -0.15) is 0 Å². The second-order valence-electron chi connectivity index (χ2n) is 10.2. The Bertz CT molecular complexity index is 297. The predicted molar refractivity (Wildman–Crippen MR) is 91.0 cm³/mol. The zero-order valence-corrected chi connectivity index (χ0v) is 15.6. The largest absolute Gasteiger partial charge is 0.312 e. The maximum atomic E-state index is 3.75. The molecule has 1 heteroatoms. The van der Waals surface area contributed by atoms with Crippen molar-refractivity contribution in [1.82, 2.24) is 5.32 Å². The second kappa shape index (κ2) is 5.99. The van der Waals surface area contributed by atoms with Crippen molar-refractivity contribution in [2.75, 3.05) is 6.54 Å². The van der Waals surface area contributed by atoms with Crippen LogP contribution in [0.3, 0.4) is 0 Å². The zero-order valence-electron chi connectivity index (χ0n) is 15.6. The van der Waals surface area contributed by atoms with E-state index >= 15 is 0 Å². The summed E-state index contributed by atoms with van der Waals surface area (Å²) in [4.78, 5) is 0. The van der Waals surface area contributed by atoms with Crippen LogP contribution in [0.5, 0.6) is 0 Å². The van der Waals surface area contributed by atoms with E-state index < -0.39 is 0 Å². The van der Waals surface area contributed by atoms with Crippen molar-refractivity contribution in [3.05, 3.63) is 0 Å². The normalized spacial score (nSPS) is 29.6. The summed E-state index contributed by atoms with van der Waals surface area (Å²) < 4.78 is 0. The number of hydrogen-bond donors (Lipinski definition) is 1. The van der Waals surface area contributed by atoms with E-state index in [0.29, 0.717) is 10.8 Å². The van der Waals surface area contributed by atoms with Gasteiger partial charge in [0.2, 0.25) is 0 Å². The van der Waals surface area contributed by atoms with Crippen molar-refractivity contribution < 1.29 is 0 Å². The summed E-state index contributed by atoms with van der Waals surface area (Å²) in [6.45, 7) is 22.6. The Hall–Kier alpha value is -0.0400. The Balaban J connectivity index is 2.76. The smallest absolute Gasteiger partial charge is 0.00966 e. The van der Waals surface area contributed by atoms with Gasteiger partial charge in [0.15, 0.2) is 0 Å². The summed E-state index contributed by atoms with van der Waals surface area (Å²) in [5.41, 5.74) is 1.13. The van der Waals surface area contributed by atoms with Crippen LogP contribution in [-0.2, 0) is 0 Å². The number of rotatable bonds is 2. The first kappa shape index (κ1) is 18.0. The van der Waals surface area contributed by atoms with Gasteiger partial charge in [-0.05, 0) is 75.2 Å². The summed E-state index contributed by atoms with van der Waals surface area (Å²) in [5, 5.41) is 3.75. The van der Waals surface area contributed by atoms with Crippen molar-refractivity contribution >= 4 is 0 Å². The summed E-state index contributed by atoms with van der Waals surface area (Å²) in [6, 6.07) is 0. The minimum Gasteiger partial charge on any atom is -0.312 e. The van der Waals surface area contributed by atoms with Crippen LogP contribution in [0, 0.1) is 28.6 Å². The molecule has 0 spiro atoms. The quantitative estimate of drug-likeness (QED) is 0.705. The van der Waals surface area contributed by atoms with Crippen LogP contribution in [0.15, 0.2) is 0 Å². The molecule has 3 atom stereocenters. The second-order valence-corrected chi connectivity index (χ2v) is 10.2. The van der Waals surface area contributed by atoms with Gasteiger partial charge in [0, 0.05) is 5.54 Å². The lowest BCUT2D eigenvalue weighted by molar-refractivity contribution is 0.0328. The molecule has 1 saturated carbocycles. The third-order valence-electron chi connectivity index (χ3n) is 5.23. The molecule has 1 aliphatic carbocycles. The van der Waals surface area contributed by atoms with E-state index in [-0.39, 0.29) is 5.54 Å². The first-order chi connectivity index (χ1) is 8.81. The molecular weight excluding hydrogens is 242 g/mol. The summed E-state index contributed by atoms with van der Waals surface area (Å²) in [5.74, 6) is 2.57. The fourth-order valence-electron chi connectivity index (χ4n) is 3.76. The van der Waals surface area contributed by atoms with Gasteiger partial charge >= 0.3 is 0 Å². The highest BCUT2D eigenvalue weighted by molar-refractivity contribution is 4.92. The van der Waals surface area contributed by atoms with Crippen molar-refractivity contribution in [1.29, 1.82) is 0 Å². The molecule has 0 aromatic carbocycles. The topological polar surface area (TPSA) is 12.0 Å². The van der Waals surface area contributed by atoms with Crippen LogP contribution >= 0.6 is 0 Å². The molecule has 0 amide bonds. The highest BCUT2D eigenvalue weighted by atomic mass is 14.9. The molecule has 1 nitrogen and oxygen atoms in total. The minimum atomic E-state index is 0.239. The SMILES string of the molecule is CC(C)(C)NCC1CCC(C(C)(C)C)CC1C(C)(C)C. The third kappa shape index (κ3) is 5.39. The molecule has 0 aliphatic heterocycles. The molecule has 0 aromatic heterocycles. The molecule has 0 bridgehead atoms. The Morgan fingerprint density at radius 2 is 1.35 bits per heavy atom. The highest BCUT2D eigenvalue weighted by Crippen LogP contribution is 2.48. The monoisotopic (exact) mass is 281 g/mol. The summed E-state index contributed by atoms with van der Waals surface area (Å²) in [7, 11) is 0. The molecule has 0 heterocycles. The molecule has 20 heavy (non-hydrogen) atoms. The molecule has 1 N–H and O–H groups in total. The van der Waals surface area contributed by atoms with Crippen LogP contribution < -0.4 is 5.32 Å². The van der Waals surface area contributed by atoms with E-state index in [1.165, 1.54) is 25.8 Å². The Kier molecular flexibility index (Phi) is 5.39. The molecule has 0 aromatic rings. The highest BCUT2D eigenvalue weighted by Gasteiger charge is 2.40. The van der Waals surface area contributed by atoms with E-state index in [4.69, 9.17) is 0 Å². The van der Waals surface area contributed by atoms with E-state index in [0.717, 1.165) is 17.8 Å². The van der Waals surface area contributed by atoms with Crippen LogP contribution in [0.2, 0.25) is 0 Å². The molecule has 3 unspecified atom stereocenters. The lowest BCUT2D eigenvalue weighted by Crippen LogP contribution is -2.46. The third-order valence-corrected chi connectivity index (χ3v) is 5.23. The van der Waals surface area contributed by atoms with Gasteiger partial charge in [-0.3, -0.25) is 0 Å². The van der Waals surface area contributed by atoms with Gasteiger partial charge in [0.05, 0.1) is 0 Å². The van der Waals surface area contributed by atoms with Crippen LogP contribution in [0.4, 0.5) is 0 Å². The Morgan fingerprint density at radius 3 is 1.75 bits per heavy atom. The maximum Gasteiger partial charge on any atom is 0.00966 e. The number of nitrogens with one attached hydrogen (secondary N) is 1. The van der Waals surface area contributed by atoms with Gasteiger partial charge in [0.1, 0.15) is 0 Å². The summed E-state index contributed by atoms with van der Waals surface area (Å²) in [6.07, 6.45) is 4.21. The van der Waals surface area contributed by atoms with E-state index in [2.05, 4.69) is 67.6 Å². The Morgan fingerprint density at radius 1 is 0.800 bits per heavy atom. The van der Waals surface area contributed by atoms with Crippen molar-refractivity contribution in [3.63, 3.8) is 0 Å². The lowest BCUT2D eigenvalue weighted by atomic mass is 9.59. The van der Waals surface area contributed by atoms with E-state index in [1.54, 1.807) is 0 Å².